The Labute approximate surface area is 153 Å². The summed E-state index contributed by atoms with van der Waals surface area (Å²) in [5.41, 5.74) is 0.680. The second-order valence-corrected chi connectivity index (χ2v) is 6.33. The molecule has 1 N–H and O–H groups in total. The maximum atomic E-state index is 12.4. The largest absolute Gasteiger partial charge is 0.494 e. The van der Waals surface area contributed by atoms with Gasteiger partial charge in [-0.3, -0.25) is 9.59 Å². The Morgan fingerprint density at radius 3 is 2.31 bits per heavy atom. The van der Waals surface area contributed by atoms with Crippen LogP contribution in [0, 0.1) is 0 Å². The van der Waals surface area contributed by atoms with Crippen molar-refractivity contribution in [3.05, 3.63) is 66.2 Å². The Morgan fingerprint density at radius 1 is 1.00 bits per heavy atom. The molecule has 1 aliphatic rings. The topological polar surface area (TPSA) is 64.6 Å². The van der Waals surface area contributed by atoms with Crippen molar-refractivity contribution in [2.75, 3.05) is 6.61 Å². The number of esters is 1. The van der Waals surface area contributed by atoms with Gasteiger partial charge in [-0.15, -0.1) is 0 Å². The zero-order valence-electron chi connectivity index (χ0n) is 14.6. The van der Waals surface area contributed by atoms with Crippen LogP contribution in [0.2, 0.25) is 0 Å². The van der Waals surface area contributed by atoms with Crippen LogP contribution in [-0.2, 0) is 14.3 Å². The molecule has 2 aromatic carbocycles. The molecular formula is C21H23NO4. The second kappa shape index (κ2) is 9.04. The standard InChI is InChI=1S/C21H23NO4/c23-19(12-7-15-25-18-10-5-2-6-11-18)26-20(16-8-3-1-4-9-16)21(24)22-17-13-14-17/h1-6,8-11,17,20H,7,12-15H2,(H,22,24)/t20-/m0/s1. The molecule has 1 fully saturated rings. The molecule has 0 unspecified atom stereocenters. The average molecular weight is 353 g/mol. The van der Waals surface area contributed by atoms with E-state index in [2.05, 4.69) is 5.32 Å². The summed E-state index contributed by atoms with van der Waals surface area (Å²) in [6, 6.07) is 18.8. The van der Waals surface area contributed by atoms with Gasteiger partial charge < -0.3 is 14.8 Å². The van der Waals surface area contributed by atoms with Gasteiger partial charge in [0.05, 0.1) is 6.61 Å². The number of carbonyl (C=O) groups is 2. The third-order valence-corrected chi connectivity index (χ3v) is 4.05. The zero-order valence-corrected chi connectivity index (χ0v) is 14.6. The highest BCUT2D eigenvalue weighted by atomic mass is 16.5. The molecule has 1 aliphatic carbocycles. The number of para-hydroxylation sites is 1. The van der Waals surface area contributed by atoms with Crippen molar-refractivity contribution in [2.24, 2.45) is 0 Å². The molecule has 3 rings (SSSR count). The highest BCUT2D eigenvalue weighted by molar-refractivity contribution is 5.85. The van der Waals surface area contributed by atoms with Gasteiger partial charge in [0.25, 0.3) is 5.91 Å². The van der Waals surface area contributed by atoms with Gasteiger partial charge in [0.1, 0.15) is 5.75 Å². The number of hydrogen-bond donors (Lipinski definition) is 1. The quantitative estimate of drug-likeness (QED) is 0.554. The third-order valence-electron chi connectivity index (χ3n) is 4.05. The molecule has 0 spiro atoms. The summed E-state index contributed by atoms with van der Waals surface area (Å²) < 4.78 is 11.0. The molecule has 0 saturated heterocycles. The first-order chi connectivity index (χ1) is 12.7. The van der Waals surface area contributed by atoms with Gasteiger partial charge in [0.2, 0.25) is 6.10 Å². The molecule has 0 radical (unpaired) electrons. The molecule has 5 heteroatoms. The first-order valence-corrected chi connectivity index (χ1v) is 8.95. The lowest BCUT2D eigenvalue weighted by atomic mass is 10.1. The number of carbonyl (C=O) groups excluding carboxylic acids is 2. The van der Waals surface area contributed by atoms with E-state index < -0.39 is 12.1 Å². The lowest BCUT2D eigenvalue weighted by Crippen LogP contribution is -2.33. The van der Waals surface area contributed by atoms with Crippen LogP contribution in [0.15, 0.2) is 60.7 Å². The predicted octanol–water partition coefficient (Wildman–Crippen LogP) is 3.41. The molecule has 1 amide bonds. The van der Waals surface area contributed by atoms with Gasteiger partial charge in [-0.25, -0.2) is 0 Å². The number of rotatable bonds is 9. The van der Waals surface area contributed by atoms with E-state index >= 15 is 0 Å². The summed E-state index contributed by atoms with van der Waals surface area (Å²) in [7, 11) is 0. The Morgan fingerprint density at radius 2 is 1.65 bits per heavy atom. The predicted molar refractivity (Wildman–Crippen MR) is 97.6 cm³/mol. The summed E-state index contributed by atoms with van der Waals surface area (Å²) in [6.07, 6.45) is 1.79. The van der Waals surface area contributed by atoms with Crippen molar-refractivity contribution in [1.29, 1.82) is 0 Å². The van der Waals surface area contributed by atoms with Crippen molar-refractivity contribution in [3.63, 3.8) is 0 Å². The molecule has 1 atom stereocenters. The Balaban J connectivity index is 1.49. The third kappa shape index (κ3) is 5.62. The Bertz CT molecular complexity index is 713. The number of hydrogen-bond acceptors (Lipinski definition) is 4. The van der Waals surface area contributed by atoms with Gasteiger partial charge in [-0.2, -0.15) is 0 Å². The summed E-state index contributed by atoms with van der Waals surface area (Å²) in [5, 5.41) is 2.91. The van der Waals surface area contributed by atoms with Crippen molar-refractivity contribution in [3.8, 4) is 5.75 Å². The maximum absolute atomic E-state index is 12.4. The van der Waals surface area contributed by atoms with Gasteiger partial charge >= 0.3 is 5.97 Å². The van der Waals surface area contributed by atoms with E-state index in [1.54, 1.807) is 12.1 Å². The fraction of sp³-hybridized carbons (Fsp3) is 0.333. The molecule has 5 nitrogen and oxygen atoms in total. The summed E-state index contributed by atoms with van der Waals surface area (Å²) >= 11 is 0. The van der Waals surface area contributed by atoms with Crippen molar-refractivity contribution < 1.29 is 19.1 Å². The van der Waals surface area contributed by atoms with Crippen molar-refractivity contribution in [2.45, 2.75) is 37.8 Å². The smallest absolute Gasteiger partial charge is 0.307 e. The van der Waals surface area contributed by atoms with E-state index in [9.17, 15) is 9.59 Å². The monoisotopic (exact) mass is 353 g/mol. The van der Waals surface area contributed by atoms with Crippen LogP contribution in [-0.4, -0.2) is 24.5 Å². The van der Waals surface area contributed by atoms with Crippen LogP contribution in [0.25, 0.3) is 0 Å². The molecule has 0 heterocycles. The van der Waals surface area contributed by atoms with E-state index in [4.69, 9.17) is 9.47 Å². The summed E-state index contributed by atoms with van der Waals surface area (Å²) in [4.78, 5) is 24.6. The van der Waals surface area contributed by atoms with E-state index in [1.807, 2.05) is 48.5 Å². The minimum Gasteiger partial charge on any atom is -0.494 e. The highest BCUT2D eigenvalue weighted by Gasteiger charge is 2.30. The minimum atomic E-state index is -0.903. The number of nitrogens with one attached hydrogen (secondary N) is 1. The van der Waals surface area contributed by atoms with Crippen LogP contribution in [0.3, 0.4) is 0 Å². The Kier molecular flexibility index (Phi) is 6.25. The molecular weight excluding hydrogens is 330 g/mol. The van der Waals surface area contributed by atoms with E-state index in [0.717, 1.165) is 18.6 Å². The van der Waals surface area contributed by atoms with E-state index in [0.29, 0.717) is 18.6 Å². The zero-order chi connectivity index (χ0) is 18.2. The van der Waals surface area contributed by atoms with Crippen LogP contribution < -0.4 is 10.1 Å². The molecule has 136 valence electrons. The van der Waals surface area contributed by atoms with Crippen LogP contribution >= 0.6 is 0 Å². The van der Waals surface area contributed by atoms with Crippen molar-refractivity contribution in [1.82, 2.24) is 5.32 Å². The normalized spacial score (nSPS) is 14.3. The molecule has 2 aromatic rings. The van der Waals surface area contributed by atoms with E-state index in [-0.39, 0.29) is 18.4 Å². The highest BCUT2D eigenvalue weighted by Crippen LogP contribution is 2.23. The number of amides is 1. The molecule has 0 bridgehead atoms. The van der Waals surface area contributed by atoms with E-state index in [1.165, 1.54) is 0 Å². The molecule has 0 aromatic heterocycles. The fourth-order valence-corrected chi connectivity index (χ4v) is 2.52. The SMILES string of the molecule is O=C(CCCOc1ccccc1)O[C@H](C(=O)NC1CC1)c1ccccc1. The van der Waals surface area contributed by atoms with Gasteiger partial charge in [0.15, 0.2) is 0 Å². The number of benzene rings is 2. The average Bonchev–Trinajstić information content (AvgIpc) is 3.49. The molecule has 0 aliphatic heterocycles. The summed E-state index contributed by atoms with van der Waals surface area (Å²) in [6.45, 7) is 0.420. The van der Waals surface area contributed by atoms with Crippen LogP contribution in [0.1, 0.15) is 37.4 Å². The van der Waals surface area contributed by atoms with Gasteiger partial charge in [-0.1, -0.05) is 48.5 Å². The Hall–Kier alpha value is -2.82. The summed E-state index contributed by atoms with van der Waals surface area (Å²) in [5.74, 6) is 0.112. The minimum absolute atomic E-state index is 0.201. The lowest BCUT2D eigenvalue weighted by molar-refractivity contribution is -0.156. The van der Waals surface area contributed by atoms with Gasteiger partial charge in [-0.05, 0) is 31.4 Å². The first-order valence-electron chi connectivity index (χ1n) is 8.95. The second-order valence-electron chi connectivity index (χ2n) is 6.33. The van der Waals surface area contributed by atoms with Crippen LogP contribution in [0.4, 0.5) is 0 Å². The van der Waals surface area contributed by atoms with Gasteiger partial charge in [0, 0.05) is 18.0 Å². The number of ether oxygens (including phenoxy) is 2. The maximum Gasteiger partial charge on any atom is 0.307 e. The molecule has 1 saturated carbocycles. The van der Waals surface area contributed by atoms with Crippen LogP contribution in [0.5, 0.6) is 5.75 Å². The molecule has 26 heavy (non-hydrogen) atoms. The first kappa shape index (κ1) is 18.0. The van der Waals surface area contributed by atoms with Crippen molar-refractivity contribution >= 4 is 11.9 Å². The fourth-order valence-electron chi connectivity index (χ4n) is 2.52. The lowest BCUT2D eigenvalue weighted by Gasteiger charge is -2.18.